The molecule has 1 saturated heterocycles. The van der Waals surface area contributed by atoms with Crippen molar-refractivity contribution in [1.29, 1.82) is 0 Å². The van der Waals surface area contributed by atoms with Gasteiger partial charge in [0.15, 0.2) is 6.29 Å². The van der Waals surface area contributed by atoms with E-state index in [9.17, 15) is 0 Å². The smallest absolute Gasteiger partial charge is 0.184 e. The first-order chi connectivity index (χ1) is 28.5. The summed E-state index contributed by atoms with van der Waals surface area (Å²) in [6.45, 7) is 5.97. The summed E-state index contributed by atoms with van der Waals surface area (Å²) in [5, 5.41) is 2.50. The normalized spacial score (nSPS) is 14.5. The standard InChI is InChI=1S/C54H42N2O2/c1-54(2)49-14-8-6-12-45(49)46-30-29-44(35-50(46)54)55(42-25-20-37(21-26-42)36-16-18-39(19-17-36)53-57-32-33-58-53)43-27-22-38(23-28-43)40-24-31-52-48(34-40)47-13-7-9-15-51(47)56(52)41-10-4-3-5-11-41/h3-31,34-35,53H,32-33H2,1-2H3. The van der Waals surface area contributed by atoms with Gasteiger partial charge in [-0.1, -0.05) is 135 Å². The quantitative estimate of drug-likeness (QED) is 0.162. The average Bonchev–Trinajstić information content (AvgIpc) is 3.99. The number of aromatic nitrogens is 1. The van der Waals surface area contributed by atoms with Crippen LogP contribution in [0, 0.1) is 0 Å². The maximum absolute atomic E-state index is 5.72. The fourth-order valence-corrected chi connectivity index (χ4v) is 9.28. The lowest BCUT2D eigenvalue weighted by atomic mass is 9.82. The van der Waals surface area contributed by atoms with Crippen LogP contribution in [0.25, 0.3) is 60.9 Å². The number of ether oxygens (including phenoxy) is 2. The fourth-order valence-electron chi connectivity index (χ4n) is 9.28. The number of fused-ring (bicyclic) bond motifs is 6. The molecule has 0 N–H and O–H groups in total. The van der Waals surface area contributed by atoms with Crippen LogP contribution in [-0.4, -0.2) is 17.8 Å². The summed E-state index contributed by atoms with van der Waals surface area (Å²) in [4.78, 5) is 2.39. The molecule has 58 heavy (non-hydrogen) atoms. The minimum atomic E-state index is -0.272. The van der Waals surface area contributed by atoms with Crippen LogP contribution >= 0.6 is 0 Å². The summed E-state index contributed by atoms with van der Waals surface area (Å²) >= 11 is 0. The highest BCUT2D eigenvalue weighted by atomic mass is 16.7. The molecule has 0 radical (unpaired) electrons. The van der Waals surface area contributed by atoms with Crippen molar-refractivity contribution in [3.63, 3.8) is 0 Å². The van der Waals surface area contributed by atoms with E-state index >= 15 is 0 Å². The van der Waals surface area contributed by atoms with E-state index in [4.69, 9.17) is 9.47 Å². The van der Waals surface area contributed by atoms with Gasteiger partial charge in [0, 0.05) is 44.5 Å². The zero-order valence-electron chi connectivity index (χ0n) is 32.6. The summed E-state index contributed by atoms with van der Waals surface area (Å²) in [5.74, 6) is 0. The van der Waals surface area contributed by atoms with E-state index in [1.165, 1.54) is 60.9 Å². The van der Waals surface area contributed by atoms with Gasteiger partial charge in [-0.2, -0.15) is 0 Å². The van der Waals surface area contributed by atoms with Crippen LogP contribution in [-0.2, 0) is 14.9 Å². The SMILES string of the molecule is CC1(C)c2ccccc2-c2ccc(N(c3ccc(-c4ccc(C5OCCO5)cc4)cc3)c3ccc(-c4ccc5c(c4)c4ccccc4n5-c4ccccc4)cc3)cc21. The Balaban J connectivity index is 0.979. The minimum absolute atomic E-state index is 0.107. The van der Waals surface area contributed by atoms with Crippen molar-refractivity contribution in [2.75, 3.05) is 18.1 Å². The van der Waals surface area contributed by atoms with Crippen molar-refractivity contribution < 1.29 is 9.47 Å². The van der Waals surface area contributed by atoms with Crippen LogP contribution in [0.15, 0.2) is 188 Å². The molecule has 11 rings (SSSR count). The van der Waals surface area contributed by atoms with Gasteiger partial charge in [-0.3, -0.25) is 0 Å². The molecule has 280 valence electrons. The van der Waals surface area contributed by atoms with Gasteiger partial charge in [-0.05, 0) is 111 Å². The number of para-hydroxylation sites is 2. The average molecular weight is 751 g/mol. The van der Waals surface area contributed by atoms with Gasteiger partial charge < -0.3 is 18.9 Å². The summed E-state index contributed by atoms with van der Waals surface area (Å²) < 4.78 is 13.8. The maximum atomic E-state index is 5.72. The Kier molecular flexibility index (Phi) is 8.18. The van der Waals surface area contributed by atoms with Gasteiger partial charge in [0.2, 0.25) is 0 Å². The lowest BCUT2D eigenvalue weighted by Crippen LogP contribution is -2.16. The third kappa shape index (κ3) is 5.67. The Bertz CT molecular complexity index is 2960. The van der Waals surface area contributed by atoms with E-state index in [0.29, 0.717) is 13.2 Å². The van der Waals surface area contributed by atoms with E-state index in [1.807, 2.05) is 0 Å². The number of rotatable bonds is 7. The second kappa shape index (κ2) is 13.7. The number of anilines is 3. The van der Waals surface area contributed by atoms with Crippen molar-refractivity contribution in [3.8, 4) is 39.1 Å². The van der Waals surface area contributed by atoms with Crippen LogP contribution in [0.3, 0.4) is 0 Å². The molecule has 4 heteroatoms. The molecule has 0 atom stereocenters. The lowest BCUT2D eigenvalue weighted by Gasteiger charge is -2.28. The maximum Gasteiger partial charge on any atom is 0.184 e. The highest BCUT2D eigenvalue weighted by molar-refractivity contribution is 6.10. The molecule has 1 fully saturated rings. The molecule has 0 unspecified atom stereocenters. The molecule has 4 nitrogen and oxygen atoms in total. The van der Waals surface area contributed by atoms with Crippen LogP contribution in [0.5, 0.6) is 0 Å². The summed E-state index contributed by atoms with van der Waals surface area (Å²) in [5.41, 5.74) is 17.9. The molecule has 1 aromatic heterocycles. The monoisotopic (exact) mass is 750 g/mol. The first-order valence-electron chi connectivity index (χ1n) is 20.2. The summed E-state index contributed by atoms with van der Waals surface area (Å²) in [7, 11) is 0. The van der Waals surface area contributed by atoms with Gasteiger partial charge in [0.25, 0.3) is 0 Å². The van der Waals surface area contributed by atoms with E-state index in [1.54, 1.807) is 0 Å². The van der Waals surface area contributed by atoms with Crippen molar-refractivity contribution in [2.24, 2.45) is 0 Å². The molecule has 0 spiro atoms. The Morgan fingerprint density at radius 2 is 1.02 bits per heavy atom. The number of benzene rings is 8. The largest absolute Gasteiger partial charge is 0.346 e. The third-order valence-corrected chi connectivity index (χ3v) is 12.2. The molecule has 8 aromatic carbocycles. The van der Waals surface area contributed by atoms with Crippen LogP contribution < -0.4 is 4.90 Å². The Hall–Kier alpha value is -6.72. The molecule has 1 aliphatic carbocycles. The van der Waals surface area contributed by atoms with Crippen molar-refractivity contribution in [3.05, 3.63) is 205 Å². The molecular formula is C54H42N2O2. The molecule has 9 aromatic rings. The van der Waals surface area contributed by atoms with Crippen LogP contribution in [0.1, 0.15) is 36.8 Å². The highest BCUT2D eigenvalue weighted by Gasteiger charge is 2.35. The minimum Gasteiger partial charge on any atom is -0.346 e. The van der Waals surface area contributed by atoms with Gasteiger partial charge >= 0.3 is 0 Å². The predicted molar refractivity (Wildman–Crippen MR) is 239 cm³/mol. The first kappa shape index (κ1) is 34.5. The van der Waals surface area contributed by atoms with Gasteiger partial charge in [0.05, 0.1) is 24.2 Å². The number of hydrogen-bond acceptors (Lipinski definition) is 3. The van der Waals surface area contributed by atoms with Crippen LogP contribution in [0.2, 0.25) is 0 Å². The number of nitrogens with zero attached hydrogens (tertiary/aromatic N) is 2. The van der Waals surface area contributed by atoms with E-state index in [2.05, 4.69) is 211 Å². The second-order valence-electron chi connectivity index (χ2n) is 15.9. The van der Waals surface area contributed by atoms with E-state index in [0.717, 1.165) is 33.8 Å². The van der Waals surface area contributed by atoms with Crippen LogP contribution in [0.4, 0.5) is 17.1 Å². The second-order valence-corrected chi connectivity index (χ2v) is 15.9. The Morgan fingerprint density at radius 1 is 0.466 bits per heavy atom. The molecule has 2 aliphatic rings. The zero-order chi connectivity index (χ0) is 38.8. The Labute approximate surface area is 339 Å². The van der Waals surface area contributed by atoms with Crippen molar-refractivity contribution in [2.45, 2.75) is 25.6 Å². The molecular weight excluding hydrogens is 709 g/mol. The first-order valence-corrected chi connectivity index (χ1v) is 20.2. The van der Waals surface area contributed by atoms with E-state index < -0.39 is 0 Å². The van der Waals surface area contributed by atoms with Gasteiger partial charge in [-0.25, -0.2) is 0 Å². The lowest BCUT2D eigenvalue weighted by molar-refractivity contribution is -0.0441. The van der Waals surface area contributed by atoms with E-state index in [-0.39, 0.29) is 11.7 Å². The van der Waals surface area contributed by atoms with Crippen molar-refractivity contribution in [1.82, 2.24) is 4.57 Å². The molecule has 0 amide bonds. The molecule has 1 aliphatic heterocycles. The van der Waals surface area contributed by atoms with Crippen molar-refractivity contribution >= 4 is 38.9 Å². The van der Waals surface area contributed by atoms with Gasteiger partial charge in [0.1, 0.15) is 0 Å². The fraction of sp³-hybridized carbons (Fsp3) is 0.111. The summed E-state index contributed by atoms with van der Waals surface area (Å²) in [6, 6.07) is 68.6. The number of hydrogen-bond donors (Lipinski definition) is 0. The molecule has 0 bridgehead atoms. The Morgan fingerprint density at radius 3 is 1.74 bits per heavy atom. The summed E-state index contributed by atoms with van der Waals surface area (Å²) in [6.07, 6.45) is -0.272. The topological polar surface area (TPSA) is 26.6 Å². The third-order valence-electron chi connectivity index (χ3n) is 12.2. The molecule has 2 heterocycles. The van der Waals surface area contributed by atoms with Gasteiger partial charge in [-0.15, -0.1) is 0 Å². The zero-order valence-corrected chi connectivity index (χ0v) is 32.6. The predicted octanol–water partition coefficient (Wildman–Crippen LogP) is 13.9. The highest BCUT2D eigenvalue weighted by Crippen LogP contribution is 2.51. The molecule has 0 saturated carbocycles.